The molecule has 0 saturated carbocycles. The predicted molar refractivity (Wildman–Crippen MR) is 68.6 cm³/mol. The Balaban J connectivity index is 1.91. The minimum atomic E-state index is -3.62. The van der Waals surface area contributed by atoms with Gasteiger partial charge in [0, 0.05) is 31.0 Å². The van der Waals surface area contributed by atoms with Gasteiger partial charge in [0.25, 0.3) is 0 Å². The van der Waals surface area contributed by atoms with E-state index in [2.05, 4.69) is 15.3 Å². The summed E-state index contributed by atoms with van der Waals surface area (Å²) in [5.74, 6) is 0.906. The lowest BCUT2D eigenvalue weighted by atomic mass is 10.3. The highest BCUT2D eigenvalue weighted by Gasteiger charge is 2.06. The van der Waals surface area contributed by atoms with Crippen LogP contribution in [0, 0.1) is 0 Å². The average molecular weight is 266 g/mol. The topological polar surface area (TPSA) is 101 Å². The lowest BCUT2D eigenvalue weighted by Gasteiger charge is -2.05. The number of nitrogens with zero attached hydrogens (tertiary/aromatic N) is 1. The second-order valence-electron chi connectivity index (χ2n) is 3.78. The molecule has 1 aromatic heterocycles. The van der Waals surface area contributed by atoms with Gasteiger partial charge in [0.15, 0.2) is 0 Å². The molecule has 18 heavy (non-hydrogen) atoms. The van der Waals surface area contributed by atoms with Crippen molar-refractivity contribution in [2.24, 2.45) is 5.14 Å². The highest BCUT2D eigenvalue weighted by atomic mass is 32.2. The fourth-order valence-electron chi connectivity index (χ4n) is 1.52. The third-order valence-electron chi connectivity index (χ3n) is 2.43. The van der Waals surface area contributed by atoms with Crippen LogP contribution in [-0.2, 0) is 16.4 Å². The van der Waals surface area contributed by atoms with Crippen molar-refractivity contribution < 1.29 is 8.42 Å². The zero-order valence-electron chi connectivity index (χ0n) is 9.63. The predicted octanol–water partition coefficient (Wildman–Crippen LogP) is 0.712. The van der Waals surface area contributed by atoms with Crippen LogP contribution < -0.4 is 10.5 Å². The summed E-state index contributed by atoms with van der Waals surface area (Å²) in [4.78, 5) is 7.22. The Morgan fingerprint density at radius 2 is 2.00 bits per heavy atom. The molecule has 0 amide bonds. The van der Waals surface area contributed by atoms with E-state index in [9.17, 15) is 8.42 Å². The molecule has 0 aliphatic heterocycles. The molecule has 96 valence electrons. The molecule has 0 aliphatic rings. The number of sulfonamides is 1. The molecule has 2 rings (SSSR count). The van der Waals surface area contributed by atoms with Crippen LogP contribution in [0.5, 0.6) is 0 Å². The van der Waals surface area contributed by atoms with Crippen LogP contribution in [0.15, 0.2) is 41.6 Å². The van der Waals surface area contributed by atoms with E-state index < -0.39 is 10.0 Å². The van der Waals surface area contributed by atoms with E-state index in [4.69, 9.17) is 5.14 Å². The van der Waals surface area contributed by atoms with Crippen LogP contribution in [-0.4, -0.2) is 24.9 Å². The van der Waals surface area contributed by atoms with Crippen molar-refractivity contribution in [1.82, 2.24) is 9.97 Å². The third kappa shape index (κ3) is 3.31. The maximum absolute atomic E-state index is 11.1. The van der Waals surface area contributed by atoms with Gasteiger partial charge < -0.3 is 10.3 Å². The molecule has 0 spiro atoms. The van der Waals surface area contributed by atoms with Crippen LogP contribution >= 0.6 is 0 Å². The number of rotatable bonds is 5. The minimum Gasteiger partial charge on any atom is -0.385 e. The number of primary sulfonamides is 1. The van der Waals surface area contributed by atoms with Crippen molar-refractivity contribution in [2.45, 2.75) is 11.3 Å². The summed E-state index contributed by atoms with van der Waals surface area (Å²) in [5.41, 5.74) is 0.842. The molecule has 0 saturated heterocycles. The summed E-state index contributed by atoms with van der Waals surface area (Å²) in [6.07, 6.45) is 4.25. The minimum absolute atomic E-state index is 0.110. The van der Waals surface area contributed by atoms with Crippen LogP contribution in [0.1, 0.15) is 5.82 Å². The molecule has 0 atom stereocenters. The van der Waals surface area contributed by atoms with E-state index in [-0.39, 0.29) is 4.90 Å². The number of nitrogens with one attached hydrogen (secondary N) is 2. The van der Waals surface area contributed by atoms with Crippen molar-refractivity contribution in [1.29, 1.82) is 0 Å². The Morgan fingerprint density at radius 1 is 1.28 bits per heavy atom. The molecule has 0 aliphatic carbocycles. The maximum Gasteiger partial charge on any atom is 0.238 e. The lowest BCUT2D eigenvalue weighted by Crippen LogP contribution is -2.12. The van der Waals surface area contributed by atoms with Gasteiger partial charge in [0.1, 0.15) is 5.82 Å². The third-order valence-corrected chi connectivity index (χ3v) is 3.36. The molecule has 7 heteroatoms. The molecule has 2 aromatic rings. The van der Waals surface area contributed by atoms with Gasteiger partial charge >= 0.3 is 0 Å². The molecule has 1 aromatic carbocycles. The summed E-state index contributed by atoms with van der Waals surface area (Å²) in [6.45, 7) is 0.711. The number of hydrogen-bond acceptors (Lipinski definition) is 4. The molecular formula is C11H14N4O2S. The zero-order valence-corrected chi connectivity index (χ0v) is 10.4. The average Bonchev–Trinajstić information content (AvgIpc) is 2.82. The van der Waals surface area contributed by atoms with Gasteiger partial charge in [-0.1, -0.05) is 0 Å². The van der Waals surface area contributed by atoms with E-state index in [0.29, 0.717) is 6.54 Å². The van der Waals surface area contributed by atoms with Crippen LogP contribution in [0.4, 0.5) is 5.69 Å². The highest BCUT2D eigenvalue weighted by Crippen LogP contribution is 2.12. The Morgan fingerprint density at radius 3 is 2.56 bits per heavy atom. The fourth-order valence-corrected chi connectivity index (χ4v) is 2.04. The quantitative estimate of drug-likeness (QED) is 0.742. The Bertz CT molecular complexity index is 590. The molecule has 0 bridgehead atoms. The van der Waals surface area contributed by atoms with Gasteiger partial charge in [-0.15, -0.1) is 0 Å². The van der Waals surface area contributed by atoms with E-state index in [1.807, 2.05) is 0 Å². The first-order valence-electron chi connectivity index (χ1n) is 5.41. The van der Waals surface area contributed by atoms with E-state index in [1.165, 1.54) is 12.1 Å². The summed E-state index contributed by atoms with van der Waals surface area (Å²) < 4.78 is 22.1. The second-order valence-corrected chi connectivity index (χ2v) is 5.34. The molecule has 1 heterocycles. The number of hydrogen-bond donors (Lipinski definition) is 3. The monoisotopic (exact) mass is 266 g/mol. The fraction of sp³-hybridized carbons (Fsp3) is 0.182. The van der Waals surface area contributed by atoms with Gasteiger partial charge in [0.2, 0.25) is 10.0 Å². The SMILES string of the molecule is NS(=O)(=O)c1ccc(NCCc2ncc[nH]2)cc1. The summed E-state index contributed by atoms with van der Waals surface area (Å²) in [6, 6.07) is 6.32. The van der Waals surface area contributed by atoms with Crippen LogP contribution in [0.2, 0.25) is 0 Å². The molecular weight excluding hydrogens is 252 g/mol. The number of nitrogens with two attached hydrogens (primary N) is 1. The number of H-pyrrole nitrogens is 1. The summed E-state index contributed by atoms with van der Waals surface area (Å²) in [5, 5.41) is 8.18. The molecule has 6 nitrogen and oxygen atoms in total. The molecule has 0 fully saturated rings. The van der Waals surface area contributed by atoms with Gasteiger partial charge in [-0.2, -0.15) is 0 Å². The highest BCUT2D eigenvalue weighted by molar-refractivity contribution is 7.89. The number of imidazole rings is 1. The zero-order chi connectivity index (χ0) is 13.0. The van der Waals surface area contributed by atoms with E-state index in [0.717, 1.165) is 17.9 Å². The first-order valence-corrected chi connectivity index (χ1v) is 6.95. The smallest absolute Gasteiger partial charge is 0.238 e. The van der Waals surface area contributed by atoms with Crippen molar-refractivity contribution in [2.75, 3.05) is 11.9 Å². The van der Waals surface area contributed by atoms with Gasteiger partial charge in [-0.05, 0) is 24.3 Å². The first-order chi connectivity index (χ1) is 8.55. The first kappa shape index (κ1) is 12.6. The molecule has 4 N–H and O–H groups in total. The lowest BCUT2D eigenvalue weighted by molar-refractivity contribution is 0.598. The standard InChI is InChI=1S/C11H14N4O2S/c12-18(16,17)10-3-1-9(2-4-10)13-6-5-11-14-7-8-15-11/h1-4,7-8,13H,5-6H2,(H,14,15)(H2,12,16,17). The van der Waals surface area contributed by atoms with Crippen molar-refractivity contribution in [3.63, 3.8) is 0 Å². The number of anilines is 1. The molecule has 0 radical (unpaired) electrons. The van der Waals surface area contributed by atoms with Gasteiger partial charge in [-0.3, -0.25) is 0 Å². The van der Waals surface area contributed by atoms with Crippen LogP contribution in [0.3, 0.4) is 0 Å². The summed E-state index contributed by atoms with van der Waals surface area (Å²) >= 11 is 0. The van der Waals surface area contributed by atoms with Crippen LogP contribution in [0.25, 0.3) is 0 Å². The van der Waals surface area contributed by atoms with Gasteiger partial charge in [0.05, 0.1) is 4.90 Å². The number of aromatic nitrogens is 2. The largest absolute Gasteiger partial charge is 0.385 e. The number of aromatic amines is 1. The Labute approximate surface area is 105 Å². The van der Waals surface area contributed by atoms with Crippen molar-refractivity contribution >= 4 is 15.7 Å². The second kappa shape index (κ2) is 5.19. The van der Waals surface area contributed by atoms with E-state index >= 15 is 0 Å². The van der Waals surface area contributed by atoms with Crippen molar-refractivity contribution in [3.05, 3.63) is 42.5 Å². The Kier molecular flexibility index (Phi) is 3.63. The van der Waals surface area contributed by atoms with Crippen molar-refractivity contribution in [3.8, 4) is 0 Å². The van der Waals surface area contributed by atoms with Gasteiger partial charge in [-0.25, -0.2) is 18.5 Å². The normalized spacial score (nSPS) is 11.4. The van der Waals surface area contributed by atoms with E-state index in [1.54, 1.807) is 24.5 Å². The summed E-state index contributed by atoms with van der Waals surface area (Å²) in [7, 11) is -3.62. The number of benzene rings is 1. The molecule has 0 unspecified atom stereocenters. The Hall–Kier alpha value is -1.86. The maximum atomic E-state index is 11.1.